The zero-order chi connectivity index (χ0) is 27.7. The number of thioether (sulfide) groups is 1. The van der Waals surface area contributed by atoms with Crippen LogP contribution < -0.4 is 15.6 Å². The van der Waals surface area contributed by atoms with E-state index < -0.39 is 0 Å². The Morgan fingerprint density at radius 3 is 2.48 bits per heavy atom. The van der Waals surface area contributed by atoms with Gasteiger partial charge in [0.2, 0.25) is 5.91 Å². The van der Waals surface area contributed by atoms with Crippen molar-refractivity contribution in [2.24, 2.45) is 0 Å². The van der Waals surface area contributed by atoms with Crippen LogP contribution in [0.3, 0.4) is 0 Å². The van der Waals surface area contributed by atoms with Crippen molar-refractivity contribution in [2.75, 3.05) is 18.2 Å². The minimum Gasteiger partial charge on any atom is -0.497 e. The van der Waals surface area contributed by atoms with Crippen molar-refractivity contribution >= 4 is 35.0 Å². The molecule has 1 spiro atoms. The third-order valence-electron chi connectivity index (χ3n) is 7.99. The van der Waals surface area contributed by atoms with Crippen LogP contribution in [0.1, 0.15) is 43.2 Å². The predicted octanol–water partition coefficient (Wildman–Crippen LogP) is 7.05. The fourth-order valence-corrected chi connectivity index (χ4v) is 7.04. The molecule has 204 valence electrons. The van der Waals surface area contributed by atoms with Crippen molar-refractivity contribution in [1.82, 2.24) is 9.55 Å². The van der Waals surface area contributed by atoms with Crippen molar-refractivity contribution in [3.05, 3.63) is 99.3 Å². The van der Waals surface area contributed by atoms with E-state index in [1.54, 1.807) is 35.9 Å². The van der Waals surface area contributed by atoms with E-state index in [1.807, 2.05) is 30.3 Å². The van der Waals surface area contributed by atoms with Gasteiger partial charge >= 0.3 is 0 Å². The number of fused-ring (bicyclic) bond motifs is 4. The largest absolute Gasteiger partial charge is 0.497 e. The first kappa shape index (κ1) is 26.7. The molecule has 2 aliphatic rings. The minimum atomic E-state index is -0.227. The molecular weight excluding hydrogens is 542 g/mol. The quantitative estimate of drug-likeness (QED) is 0.198. The lowest BCUT2D eigenvalue weighted by Crippen LogP contribution is -2.43. The van der Waals surface area contributed by atoms with E-state index in [9.17, 15) is 9.59 Å². The fourth-order valence-electron chi connectivity index (χ4n) is 6.10. The van der Waals surface area contributed by atoms with Crippen LogP contribution >= 0.6 is 23.4 Å². The Bertz CT molecular complexity index is 1610. The molecular formula is C32H30ClN3O3S. The SMILES string of the molecule is COc1ccc(-n2c(SCC(=O)Nc3ccc(Cl)cc3)nc3c(c2=O)C2(CCCCC2)Cc2ccccc2-3)cc1. The van der Waals surface area contributed by atoms with E-state index in [4.69, 9.17) is 21.3 Å². The van der Waals surface area contributed by atoms with Crippen LogP contribution in [0.4, 0.5) is 5.69 Å². The van der Waals surface area contributed by atoms with Gasteiger partial charge in [-0.05, 0) is 73.4 Å². The highest BCUT2D eigenvalue weighted by molar-refractivity contribution is 7.99. The molecule has 2 aliphatic carbocycles. The maximum Gasteiger partial charge on any atom is 0.263 e. The van der Waals surface area contributed by atoms with E-state index >= 15 is 0 Å². The van der Waals surface area contributed by atoms with Crippen LogP contribution in [0.2, 0.25) is 5.02 Å². The smallest absolute Gasteiger partial charge is 0.263 e. The van der Waals surface area contributed by atoms with E-state index in [0.29, 0.717) is 27.3 Å². The van der Waals surface area contributed by atoms with Gasteiger partial charge in [0.05, 0.1) is 29.8 Å². The average molecular weight is 572 g/mol. The van der Waals surface area contributed by atoms with Crippen molar-refractivity contribution < 1.29 is 9.53 Å². The number of hydrogen-bond acceptors (Lipinski definition) is 5. The topological polar surface area (TPSA) is 73.2 Å². The monoisotopic (exact) mass is 571 g/mol. The summed E-state index contributed by atoms with van der Waals surface area (Å²) in [5, 5.41) is 3.99. The molecule has 1 saturated carbocycles. The number of carbonyl (C=O) groups is 1. The number of carbonyl (C=O) groups excluding carboxylic acids is 1. The molecule has 8 heteroatoms. The molecule has 1 fully saturated rings. The number of ether oxygens (including phenoxy) is 1. The third-order valence-corrected chi connectivity index (χ3v) is 9.18. The molecule has 0 atom stereocenters. The van der Waals surface area contributed by atoms with Crippen LogP contribution in [0.25, 0.3) is 16.9 Å². The zero-order valence-electron chi connectivity index (χ0n) is 22.3. The number of nitrogens with zero attached hydrogens (tertiary/aromatic N) is 2. The second-order valence-corrected chi connectivity index (χ2v) is 11.9. The summed E-state index contributed by atoms with van der Waals surface area (Å²) < 4.78 is 7.04. The average Bonchev–Trinajstić information content (AvgIpc) is 2.98. The van der Waals surface area contributed by atoms with Crippen LogP contribution in [-0.2, 0) is 16.6 Å². The molecule has 1 aromatic heterocycles. The number of aromatic nitrogens is 2. The van der Waals surface area contributed by atoms with Crippen molar-refractivity contribution in [3.63, 3.8) is 0 Å². The fraction of sp³-hybridized carbons (Fsp3) is 0.281. The maximum absolute atomic E-state index is 14.6. The van der Waals surface area contributed by atoms with Gasteiger partial charge in [0.25, 0.3) is 5.56 Å². The number of hydrogen-bond donors (Lipinski definition) is 1. The van der Waals surface area contributed by atoms with E-state index in [1.165, 1.54) is 23.7 Å². The Kier molecular flexibility index (Phi) is 7.43. The molecule has 40 heavy (non-hydrogen) atoms. The lowest BCUT2D eigenvalue weighted by atomic mass is 9.62. The first-order valence-electron chi connectivity index (χ1n) is 13.6. The van der Waals surface area contributed by atoms with Crippen LogP contribution in [0, 0.1) is 0 Å². The van der Waals surface area contributed by atoms with Gasteiger partial charge in [0, 0.05) is 21.7 Å². The van der Waals surface area contributed by atoms with Gasteiger partial charge in [-0.2, -0.15) is 0 Å². The highest BCUT2D eigenvalue weighted by atomic mass is 35.5. The molecule has 1 amide bonds. The molecule has 0 aliphatic heterocycles. The number of nitrogens with one attached hydrogen (secondary N) is 1. The van der Waals surface area contributed by atoms with Crippen LogP contribution in [0.15, 0.2) is 82.7 Å². The summed E-state index contributed by atoms with van der Waals surface area (Å²) in [5.41, 5.74) is 4.92. The Hall–Kier alpha value is -3.55. The Morgan fingerprint density at radius 1 is 1.02 bits per heavy atom. The van der Waals surface area contributed by atoms with Crippen molar-refractivity contribution in [1.29, 1.82) is 0 Å². The molecule has 0 bridgehead atoms. The number of rotatable bonds is 6. The number of anilines is 1. The molecule has 4 aromatic rings. The van der Waals surface area contributed by atoms with Gasteiger partial charge in [-0.3, -0.25) is 14.2 Å². The summed E-state index contributed by atoms with van der Waals surface area (Å²) in [6.07, 6.45) is 6.20. The standard InChI is InChI=1S/C32H30ClN3O3S/c1-39-25-15-13-24(14-16-25)36-30(38)28-29(26-8-4-3-7-21(26)19-32(28)17-5-2-6-18-32)35-31(36)40-20-27(37)34-23-11-9-22(33)10-12-23/h3-4,7-16H,2,5-6,17-20H2,1H3,(H,34,37). The predicted molar refractivity (Wildman–Crippen MR) is 161 cm³/mol. The second-order valence-electron chi connectivity index (χ2n) is 10.5. The number of halogens is 1. The summed E-state index contributed by atoms with van der Waals surface area (Å²) in [7, 11) is 1.62. The molecule has 1 heterocycles. The first-order chi connectivity index (χ1) is 19.5. The number of benzene rings is 3. The Balaban J connectivity index is 1.46. The minimum absolute atomic E-state index is 0.0489. The van der Waals surface area contributed by atoms with Crippen LogP contribution in [0.5, 0.6) is 5.75 Å². The summed E-state index contributed by atoms with van der Waals surface area (Å²) in [6, 6.07) is 22.7. The summed E-state index contributed by atoms with van der Waals surface area (Å²) in [4.78, 5) is 32.7. The lowest BCUT2D eigenvalue weighted by Gasteiger charge is -2.42. The lowest BCUT2D eigenvalue weighted by molar-refractivity contribution is -0.113. The summed E-state index contributed by atoms with van der Waals surface area (Å²) >= 11 is 7.24. The third kappa shape index (κ3) is 5.04. The molecule has 0 unspecified atom stereocenters. The van der Waals surface area contributed by atoms with Gasteiger partial charge in [-0.1, -0.05) is 66.9 Å². The Labute approximate surface area is 242 Å². The first-order valence-corrected chi connectivity index (χ1v) is 14.9. The normalized spacial score (nSPS) is 15.2. The molecule has 0 saturated heterocycles. The van der Waals surface area contributed by atoms with Gasteiger partial charge in [-0.15, -0.1) is 0 Å². The molecule has 0 radical (unpaired) electrons. The maximum atomic E-state index is 14.6. The van der Waals surface area contributed by atoms with Gasteiger partial charge in [0.15, 0.2) is 5.16 Å². The van der Waals surface area contributed by atoms with E-state index in [-0.39, 0.29) is 22.6 Å². The molecule has 6 rings (SSSR count). The van der Waals surface area contributed by atoms with Crippen molar-refractivity contribution in [2.45, 2.75) is 49.1 Å². The molecule has 6 nitrogen and oxygen atoms in total. The summed E-state index contributed by atoms with van der Waals surface area (Å²) in [5.74, 6) is 0.609. The number of methoxy groups -OCH3 is 1. The van der Waals surface area contributed by atoms with Gasteiger partial charge in [0.1, 0.15) is 5.75 Å². The van der Waals surface area contributed by atoms with E-state index in [0.717, 1.165) is 48.9 Å². The number of amides is 1. The second kappa shape index (κ2) is 11.1. The van der Waals surface area contributed by atoms with Crippen LogP contribution in [-0.4, -0.2) is 28.3 Å². The van der Waals surface area contributed by atoms with Gasteiger partial charge in [-0.25, -0.2) is 4.98 Å². The highest BCUT2D eigenvalue weighted by Gasteiger charge is 2.43. The van der Waals surface area contributed by atoms with Crippen molar-refractivity contribution in [3.8, 4) is 22.7 Å². The van der Waals surface area contributed by atoms with Gasteiger partial charge < -0.3 is 10.1 Å². The Morgan fingerprint density at radius 2 is 1.75 bits per heavy atom. The molecule has 3 aromatic carbocycles. The highest BCUT2D eigenvalue weighted by Crippen LogP contribution is 2.49. The molecule has 1 N–H and O–H groups in total. The van der Waals surface area contributed by atoms with E-state index in [2.05, 4.69) is 23.5 Å². The summed E-state index contributed by atoms with van der Waals surface area (Å²) in [6.45, 7) is 0. The zero-order valence-corrected chi connectivity index (χ0v) is 23.9.